The Balaban J connectivity index is 2.23. The second-order valence-corrected chi connectivity index (χ2v) is 5.99. The first-order valence-electron chi connectivity index (χ1n) is 6.85. The Bertz CT molecular complexity index is 540. The highest BCUT2D eigenvalue weighted by Crippen LogP contribution is 2.21. The number of aryl methyl sites for hydroxylation is 1. The molecule has 0 atom stereocenters. The number of carboxylic acid groups (broad SMARTS) is 1. The van der Waals surface area contributed by atoms with Crippen LogP contribution < -0.4 is 0 Å². The van der Waals surface area contributed by atoms with Crippen LogP contribution in [0.25, 0.3) is 0 Å². The van der Waals surface area contributed by atoms with Crippen LogP contribution in [0.15, 0.2) is 22.7 Å². The van der Waals surface area contributed by atoms with Crippen LogP contribution in [0.2, 0.25) is 0 Å². The van der Waals surface area contributed by atoms with Gasteiger partial charge in [-0.25, -0.2) is 0 Å². The molecule has 0 unspecified atom stereocenters. The predicted molar refractivity (Wildman–Crippen MR) is 81.4 cm³/mol. The minimum atomic E-state index is -0.999. The van der Waals surface area contributed by atoms with Gasteiger partial charge in [-0.05, 0) is 37.5 Å². The van der Waals surface area contributed by atoms with Crippen LogP contribution in [0, 0.1) is 6.92 Å². The third kappa shape index (κ3) is 4.04. The Morgan fingerprint density at radius 1 is 1.38 bits per heavy atom. The van der Waals surface area contributed by atoms with Crippen molar-refractivity contribution in [2.75, 3.05) is 19.8 Å². The molecule has 21 heavy (non-hydrogen) atoms. The summed E-state index contributed by atoms with van der Waals surface area (Å²) < 4.78 is 6.13. The molecule has 6 heteroatoms. The highest BCUT2D eigenvalue weighted by atomic mass is 79.9. The minimum Gasteiger partial charge on any atom is -0.480 e. The third-order valence-electron chi connectivity index (χ3n) is 3.62. The molecule has 114 valence electrons. The van der Waals surface area contributed by atoms with Gasteiger partial charge in [0.1, 0.15) is 6.54 Å². The SMILES string of the molecule is Cc1ccc(C(=O)N(CC(=O)O)C2CCOCC2)cc1Br. The van der Waals surface area contributed by atoms with Crippen molar-refractivity contribution in [2.24, 2.45) is 0 Å². The molecule has 1 fully saturated rings. The van der Waals surface area contributed by atoms with Crippen LogP contribution >= 0.6 is 15.9 Å². The second-order valence-electron chi connectivity index (χ2n) is 5.13. The third-order valence-corrected chi connectivity index (χ3v) is 4.47. The van der Waals surface area contributed by atoms with Gasteiger partial charge in [-0.1, -0.05) is 22.0 Å². The molecule has 0 radical (unpaired) electrons. The zero-order chi connectivity index (χ0) is 15.4. The average Bonchev–Trinajstić information content (AvgIpc) is 2.47. The smallest absolute Gasteiger partial charge is 0.323 e. The number of rotatable bonds is 4. The molecule has 5 nitrogen and oxygen atoms in total. The Labute approximate surface area is 132 Å². The van der Waals surface area contributed by atoms with E-state index in [4.69, 9.17) is 9.84 Å². The molecule has 1 aliphatic rings. The number of halogens is 1. The van der Waals surface area contributed by atoms with Crippen molar-refractivity contribution in [1.82, 2.24) is 4.90 Å². The Morgan fingerprint density at radius 3 is 2.62 bits per heavy atom. The lowest BCUT2D eigenvalue weighted by molar-refractivity contribution is -0.138. The maximum absolute atomic E-state index is 12.6. The summed E-state index contributed by atoms with van der Waals surface area (Å²) in [6.07, 6.45) is 1.35. The lowest BCUT2D eigenvalue weighted by atomic mass is 10.0. The summed E-state index contributed by atoms with van der Waals surface area (Å²) in [4.78, 5) is 25.2. The molecule has 1 saturated heterocycles. The second kappa shape index (κ2) is 7.04. The van der Waals surface area contributed by atoms with Crippen LogP contribution in [0.3, 0.4) is 0 Å². The van der Waals surface area contributed by atoms with Gasteiger partial charge in [0, 0.05) is 29.3 Å². The fourth-order valence-corrected chi connectivity index (χ4v) is 2.78. The van der Waals surface area contributed by atoms with Gasteiger partial charge in [0.15, 0.2) is 0 Å². The van der Waals surface area contributed by atoms with Gasteiger partial charge in [-0.3, -0.25) is 9.59 Å². The fourth-order valence-electron chi connectivity index (χ4n) is 2.40. The number of aliphatic carboxylic acids is 1. The van der Waals surface area contributed by atoms with Gasteiger partial charge in [-0.15, -0.1) is 0 Å². The number of ether oxygens (including phenoxy) is 1. The van der Waals surface area contributed by atoms with E-state index in [0.29, 0.717) is 31.6 Å². The van der Waals surface area contributed by atoms with E-state index in [9.17, 15) is 9.59 Å². The molecular formula is C15H18BrNO4. The van der Waals surface area contributed by atoms with E-state index in [1.165, 1.54) is 4.90 Å². The van der Waals surface area contributed by atoms with Gasteiger partial charge >= 0.3 is 5.97 Å². The zero-order valence-electron chi connectivity index (χ0n) is 11.8. The largest absolute Gasteiger partial charge is 0.480 e. The first-order valence-corrected chi connectivity index (χ1v) is 7.65. The first-order chi connectivity index (χ1) is 9.99. The normalized spacial score (nSPS) is 15.7. The highest BCUT2D eigenvalue weighted by molar-refractivity contribution is 9.10. The lowest BCUT2D eigenvalue weighted by Gasteiger charge is -2.33. The van der Waals surface area contributed by atoms with E-state index in [-0.39, 0.29) is 18.5 Å². The fraction of sp³-hybridized carbons (Fsp3) is 0.467. The van der Waals surface area contributed by atoms with Gasteiger partial charge in [0.05, 0.1) is 0 Å². The van der Waals surface area contributed by atoms with E-state index < -0.39 is 5.97 Å². The monoisotopic (exact) mass is 355 g/mol. The van der Waals surface area contributed by atoms with E-state index in [1.807, 2.05) is 13.0 Å². The standard InChI is InChI=1S/C15H18BrNO4/c1-10-2-3-11(8-13(10)16)15(20)17(9-14(18)19)12-4-6-21-7-5-12/h2-3,8,12H,4-7,9H2,1H3,(H,18,19). The Morgan fingerprint density at radius 2 is 2.05 bits per heavy atom. The molecule has 1 aliphatic heterocycles. The van der Waals surface area contributed by atoms with Crippen molar-refractivity contribution >= 4 is 27.8 Å². The van der Waals surface area contributed by atoms with Crippen LogP contribution in [0.1, 0.15) is 28.8 Å². The average molecular weight is 356 g/mol. The van der Waals surface area contributed by atoms with Gasteiger partial charge in [0.25, 0.3) is 5.91 Å². The number of carbonyl (C=O) groups excluding carboxylic acids is 1. The van der Waals surface area contributed by atoms with E-state index in [1.54, 1.807) is 12.1 Å². The summed E-state index contributed by atoms with van der Waals surface area (Å²) in [5, 5.41) is 9.07. The number of carbonyl (C=O) groups is 2. The van der Waals surface area contributed by atoms with Crippen molar-refractivity contribution < 1.29 is 19.4 Å². The topological polar surface area (TPSA) is 66.8 Å². The number of carboxylic acids is 1. The molecule has 1 aromatic rings. The number of hydrogen-bond acceptors (Lipinski definition) is 3. The molecule has 1 heterocycles. The van der Waals surface area contributed by atoms with E-state index in [0.717, 1.165) is 10.0 Å². The number of nitrogens with zero attached hydrogens (tertiary/aromatic N) is 1. The Kier molecular flexibility index (Phi) is 5.36. The molecule has 0 spiro atoms. The minimum absolute atomic E-state index is 0.0811. The highest BCUT2D eigenvalue weighted by Gasteiger charge is 2.28. The van der Waals surface area contributed by atoms with Crippen molar-refractivity contribution in [3.63, 3.8) is 0 Å². The van der Waals surface area contributed by atoms with Crippen molar-refractivity contribution in [3.8, 4) is 0 Å². The number of hydrogen-bond donors (Lipinski definition) is 1. The molecule has 2 rings (SSSR count). The van der Waals surface area contributed by atoms with Crippen LogP contribution in [0.5, 0.6) is 0 Å². The summed E-state index contributed by atoms with van der Waals surface area (Å²) in [5.41, 5.74) is 1.53. The molecular weight excluding hydrogens is 338 g/mol. The predicted octanol–water partition coefficient (Wildman–Crippen LogP) is 2.46. The van der Waals surface area contributed by atoms with E-state index >= 15 is 0 Å². The van der Waals surface area contributed by atoms with Crippen molar-refractivity contribution in [1.29, 1.82) is 0 Å². The summed E-state index contributed by atoms with van der Waals surface area (Å²) in [6.45, 7) is 2.78. The van der Waals surface area contributed by atoms with Gasteiger partial charge in [-0.2, -0.15) is 0 Å². The van der Waals surface area contributed by atoms with Crippen LogP contribution in [0.4, 0.5) is 0 Å². The molecule has 0 bridgehead atoms. The Hall–Kier alpha value is -1.40. The number of benzene rings is 1. The van der Waals surface area contributed by atoms with E-state index in [2.05, 4.69) is 15.9 Å². The maximum atomic E-state index is 12.6. The molecule has 1 N–H and O–H groups in total. The molecule has 0 aromatic heterocycles. The number of amides is 1. The van der Waals surface area contributed by atoms with Gasteiger partial charge in [0.2, 0.25) is 0 Å². The van der Waals surface area contributed by atoms with Crippen LogP contribution in [-0.2, 0) is 9.53 Å². The maximum Gasteiger partial charge on any atom is 0.323 e. The molecule has 1 amide bonds. The molecule has 1 aromatic carbocycles. The summed E-state index contributed by atoms with van der Waals surface area (Å²) >= 11 is 3.40. The summed E-state index contributed by atoms with van der Waals surface area (Å²) in [7, 11) is 0. The summed E-state index contributed by atoms with van der Waals surface area (Å²) in [5.74, 6) is -1.24. The van der Waals surface area contributed by atoms with Crippen molar-refractivity contribution in [2.45, 2.75) is 25.8 Å². The van der Waals surface area contributed by atoms with Gasteiger partial charge < -0.3 is 14.7 Å². The summed E-state index contributed by atoms with van der Waals surface area (Å²) in [6, 6.07) is 5.24. The molecule has 0 aliphatic carbocycles. The lowest BCUT2D eigenvalue weighted by Crippen LogP contribution is -2.46. The van der Waals surface area contributed by atoms with Crippen LogP contribution in [-0.4, -0.2) is 47.7 Å². The zero-order valence-corrected chi connectivity index (χ0v) is 13.4. The van der Waals surface area contributed by atoms with Crippen molar-refractivity contribution in [3.05, 3.63) is 33.8 Å². The first kappa shape index (κ1) is 16.0. The quantitative estimate of drug-likeness (QED) is 0.900. The molecule has 0 saturated carbocycles.